The van der Waals surface area contributed by atoms with Crippen LogP contribution >= 0.6 is 0 Å². The summed E-state index contributed by atoms with van der Waals surface area (Å²) < 4.78 is 33.2. The molecule has 22 heavy (non-hydrogen) atoms. The second-order valence-corrected chi connectivity index (χ2v) is 6.32. The molecule has 3 rings (SSSR count). The zero-order chi connectivity index (χ0) is 15.7. The minimum atomic E-state index is -0.592. The molecule has 0 radical (unpaired) electrons. The zero-order valence-corrected chi connectivity index (χ0v) is 12.6. The first kappa shape index (κ1) is 15.4. The first-order valence-corrected chi connectivity index (χ1v) is 7.92. The first-order valence-electron chi connectivity index (χ1n) is 7.92. The van der Waals surface area contributed by atoms with E-state index < -0.39 is 17.7 Å². The SMILES string of the molecule is CC(=O)N[C@@H]1C[C@H](c2ccc(F)cc2F)O[C@@H]2CCCC[C@@H]12. The molecule has 1 aliphatic heterocycles. The number of nitrogens with one attached hydrogen (secondary N) is 1. The highest BCUT2D eigenvalue weighted by Crippen LogP contribution is 2.41. The molecule has 1 aromatic rings. The fourth-order valence-corrected chi connectivity index (χ4v) is 3.82. The lowest BCUT2D eigenvalue weighted by Gasteiger charge is -2.45. The minimum Gasteiger partial charge on any atom is -0.370 e. The maximum absolute atomic E-state index is 14.0. The van der Waals surface area contributed by atoms with Crippen molar-refractivity contribution in [1.82, 2.24) is 5.32 Å². The highest BCUT2D eigenvalue weighted by molar-refractivity contribution is 5.73. The smallest absolute Gasteiger partial charge is 0.217 e. The molecule has 1 aromatic carbocycles. The summed E-state index contributed by atoms with van der Waals surface area (Å²) in [5, 5.41) is 3.00. The number of ether oxygens (including phenoxy) is 1. The van der Waals surface area contributed by atoms with Crippen LogP contribution in [-0.2, 0) is 9.53 Å². The van der Waals surface area contributed by atoms with Crippen molar-refractivity contribution in [1.29, 1.82) is 0 Å². The second kappa shape index (κ2) is 6.32. The molecule has 1 aliphatic carbocycles. The molecule has 4 atom stereocenters. The van der Waals surface area contributed by atoms with Crippen LogP contribution in [0.5, 0.6) is 0 Å². The van der Waals surface area contributed by atoms with Crippen LogP contribution < -0.4 is 5.32 Å². The van der Waals surface area contributed by atoms with Gasteiger partial charge in [0.25, 0.3) is 0 Å². The van der Waals surface area contributed by atoms with Gasteiger partial charge >= 0.3 is 0 Å². The van der Waals surface area contributed by atoms with Crippen LogP contribution in [0.4, 0.5) is 8.78 Å². The summed E-state index contributed by atoms with van der Waals surface area (Å²) in [6.07, 6.45) is 4.31. The lowest BCUT2D eigenvalue weighted by molar-refractivity contribution is -0.131. The zero-order valence-electron chi connectivity index (χ0n) is 12.6. The van der Waals surface area contributed by atoms with Gasteiger partial charge in [-0.1, -0.05) is 18.9 Å². The number of hydrogen-bond donors (Lipinski definition) is 1. The Morgan fingerprint density at radius 2 is 2.05 bits per heavy atom. The van der Waals surface area contributed by atoms with E-state index in [-0.39, 0.29) is 24.0 Å². The summed E-state index contributed by atoms with van der Waals surface area (Å²) >= 11 is 0. The predicted molar refractivity (Wildman–Crippen MR) is 78.2 cm³/mol. The van der Waals surface area contributed by atoms with Crippen LogP contribution in [0.1, 0.15) is 50.7 Å². The van der Waals surface area contributed by atoms with E-state index in [0.717, 1.165) is 31.7 Å². The third kappa shape index (κ3) is 3.14. The molecule has 1 amide bonds. The lowest BCUT2D eigenvalue weighted by Crippen LogP contribution is -2.50. The molecule has 0 unspecified atom stereocenters. The fourth-order valence-electron chi connectivity index (χ4n) is 3.82. The monoisotopic (exact) mass is 309 g/mol. The Labute approximate surface area is 129 Å². The summed E-state index contributed by atoms with van der Waals surface area (Å²) in [7, 11) is 0. The topological polar surface area (TPSA) is 38.3 Å². The minimum absolute atomic E-state index is 0.00833. The Balaban J connectivity index is 1.84. The standard InChI is InChI=1S/C17H21F2NO2/c1-10(21)20-15-9-17(12-7-6-11(18)8-14(12)19)22-16-5-3-2-4-13(15)16/h6-8,13,15-17H,2-5,9H2,1H3,(H,20,21)/t13-,15+,16+,17+/m0/s1. The highest BCUT2D eigenvalue weighted by atomic mass is 19.1. The van der Waals surface area contributed by atoms with Gasteiger partial charge < -0.3 is 10.1 Å². The van der Waals surface area contributed by atoms with Crippen molar-refractivity contribution in [3.63, 3.8) is 0 Å². The van der Waals surface area contributed by atoms with Crippen molar-refractivity contribution in [2.24, 2.45) is 5.92 Å². The number of halogens is 2. The molecule has 1 saturated carbocycles. The molecular formula is C17H21F2NO2. The molecule has 0 bridgehead atoms. The second-order valence-electron chi connectivity index (χ2n) is 6.32. The molecule has 1 heterocycles. The summed E-state index contributed by atoms with van der Waals surface area (Å²) in [5.41, 5.74) is 0.376. The van der Waals surface area contributed by atoms with Crippen molar-refractivity contribution in [2.45, 2.75) is 57.3 Å². The van der Waals surface area contributed by atoms with Gasteiger partial charge in [-0.25, -0.2) is 8.78 Å². The molecule has 0 aromatic heterocycles. The molecule has 3 nitrogen and oxygen atoms in total. The molecule has 1 saturated heterocycles. The molecule has 120 valence electrons. The van der Waals surface area contributed by atoms with E-state index >= 15 is 0 Å². The number of rotatable bonds is 2. The van der Waals surface area contributed by atoms with Crippen LogP contribution in [0.15, 0.2) is 18.2 Å². The number of carbonyl (C=O) groups excluding carboxylic acids is 1. The van der Waals surface area contributed by atoms with Gasteiger partial charge in [0.05, 0.1) is 12.2 Å². The molecule has 0 spiro atoms. The Morgan fingerprint density at radius 1 is 1.27 bits per heavy atom. The van der Waals surface area contributed by atoms with Crippen LogP contribution in [0.25, 0.3) is 0 Å². The molecule has 1 N–H and O–H groups in total. The summed E-state index contributed by atoms with van der Waals surface area (Å²) in [6, 6.07) is 3.58. The number of hydrogen-bond acceptors (Lipinski definition) is 2. The van der Waals surface area contributed by atoms with Crippen LogP contribution in [0, 0.1) is 17.6 Å². The average molecular weight is 309 g/mol. The number of benzene rings is 1. The van der Waals surface area contributed by atoms with Gasteiger partial charge in [-0.05, 0) is 25.3 Å². The Kier molecular flexibility index (Phi) is 4.43. The average Bonchev–Trinajstić information content (AvgIpc) is 2.46. The van der Waals surface area contributed by atoms with E-state index in [1.807, 2.05) is 0 Å². The summed E-state index contributed by atoms with van der Waals surface area (Å²) in [6.45, 7) is 1.50. The van der Waals surface area contributed by atoms with E-state index in [1.54, 1.807) is 0 Å². The molecule has 2 fully saturated rings. The van der Waals surface area contributed by atoms with E-state index in [4.69, 9.17) is 4.74 Å². The van der Waals surface area contributed by atoms with Crippen LogP contribution in [0.3, 0.4) is 0 Å². The van der Waals surface area contributed by atoms with E-state index in [2.05, 4.69) is 5.32 Å². The van der Waals surface area contributed by atoms with Gasteiger partial charge in [0.2, 0.25) is 5.91 Å². The van der Waals surface area contributed by atoms with Crippen molar-refractivity contribution in [3.8, 4) is 0 Å². The first-order chi connectivity index (χ1) is 10.5. The van der Waals surface area contributed by atoms with Gasteiger partial charge in [-0.3, -0.25) is 4.79 Å². The normalized spacial score (nSPS) is 31.4. The van der Waals surface area contributed by atoms with E-state index in [9.17, 15) is 13.6 Å². The highest BCUT2D eigenvalue weighted by Gasteiger charge is 2.41. The molecular weight excluding hydrogens is 288 g/mol. The van der Waals surface area contributed by atoms with Crippen molar-refractivity contribution in [2.75, 3.05) is 0 Å². The summed E-state index contributed by atoms with van der Waals surface area (Å²) in [5.74, 6) is -0.959. The van der Waals surface area contributed by atoms with Gasteiger partial charge in [-0.2, -0.15) is 0 Å². The predicted octanol–water partition coefficient (Wildman–Crippen LogP) is 3.49. The third-order valence-corrected chi connectivity index (χ3v) is 4.78. The molecule has 2 aliphatic rings. The van der Waals surface area contributed by atoms with Crippen molar-refractivity contribution in [3.05, 3.63) is 35.4 Å². The van der Waals surface area contributed by atoms with E-state index in [1.165, 1.54) is 19.1 Å². The maximum Gasteiger partial charge on any atom is 0.217 e. The number of fused-ring (bicyclic) bond motifs is 1. The lowest BCUT2D eigenvalue weighted by atomic mass is 9.76. The Hall–Kier alpha value is -1.49. The third-order valence-electron chi connectivity index (χ3n) is 4.78. The van der Waals surface area contributed by atoms with Crippen molar-refractivity contribution < 1.29 is 18.3 Å². The number of carbonyl (C=O) groups is 1. The Bertz CT molecular complexity index is 564. The van der Waals surface area contributed by atoms with Crippen molar-refractivity contribution >= 4 is 5.91 Å². The van der Waals surface area contributed by atoms with Gasteiger partial charge in [0.1, 0.15) is 11.6 Å². The largest absolute Gasteiger partial charge is 0.370 e. The Morgan fingerprint density at radius 3 is 2.77 bits per heavy atom. The number of amides is 1. The fraction of sp³-hybridized carbons (Fsp3) is 0.588. The maximum atomic E-state index is 14.0. The van der Waals surface area contributed by atoms with E-state index in [0.29, 0.717) is 12.0 Å². The van der Waals surface area contributed by atoms with Gasteiger partial charge in [0, 0.05) is 30.5 Å². The van der Waals surface area contributed by atoms with Crippen LogP contribution in [-0.4, -0.2) is 18.1 Å². The van der Waals surface area contributed by atoms with Gasteiger partial charge in [-0.15, -0.1) is 0 Å². The molecule has 5 heteroatoms. The summed E-state index contributed by atoms with van der Waals surface area (Å²) in [4.78, 5) is 11.5. The van der Waals surface area contributed by atoms with Crippen LogP contribution in [0.2, 0.25) is 0 Å². The quantitative estimate of drug-likeness (QED) is 0.908. The van der Waals surface area contributed by atoms with Gasteiger partial charge in [0.15, 0.2) is 0 Å².